The largest absolute Gasteiger partial charge is 0.493 e. The maximum atomic E-state index is 12.6. The zero-order valence-electron chi connectivity index (χ0n) is 15.2. The molecule has 0 aliphatic heterocycles. The molecule has 0 radical (unpaired) electrons. The van der Waals surface area contributed by atoms with Gasteiger partial charge in [0.2, 0.25) is 5.75 Å². The van der Waals surface area contributed by atoms with E-state index in [-0.39, 0.29) is 23.0 Å². The van der Waals surface area contributed by atoms with Crippen LogP contribution in [0, 0.1) is 0 Å². The minimum atomic E-state index is -4.70. The second kappa shape index (κ2) is 7.53. The molecule has 0 fully saturated rings. The monoisotopic (exact) mass is 394 g/mol. The Kier molecular flexibility index (Phi) is 5.31. The number of hydrogen-bond acceptors (Lipinski definition) is 5. The number of ether oxygens (including phenoxy) is 3. The number of alkyl halides is 3. The molecule has 2 aromatic rings. The van der Waals surface area contributed by atoms with E-state index in [2.05, 4.69) is 0 Å². The third kappa shape index (κ3) is 3.95. The van der Waals surface area contributed by atoms with Crippen LogP contribution in [0.15, 0.2) is 30.3 Å². The van der Waals surface area contributed by atoms with Crippen molar-refractivity contribution < 1.29 is 37.0 Å². The van der Waals surface area contributed by atoms with Crippen LogP contribution in [0.25, 0.3) is 11.1 Å². The maximum Gasteiger partial charge on any atom is 0.399 e. The lowest BCUT2D eigenvalue weighted by molar-refractivity contribution is -0.164. The van der Waals surface area contributed by atoms with Crippen LogP contribution in [0.3, 0.4) is 0 Å². The molecule has 0 amide bonds. The topological polar surface area (TPSA) is 61.8 Å². The van der Waals surface area contributed by atoms with E-state index in [1.807, 2.05) is 0 Å². The highest BCUT2D eigenvalue weighted by Gasteiger charge is 2.33. The summed E-state index contributed by atoms with van der Waals surface area (Å²) in [7, 11) is 2.66. The molecule has 1 aliphatic rings. The van der Waals surface area contributed by atoms with Gasteiger partial charge in [0.1, 0.15) is 6.42 Å². The van der Waals surface area contributed by atoms with Crippen molar-refractivity contribution in [1.82, 2.24) is 0 Å². The van der Waals surface area contributed by atoms with Crippen molar-refractivity contribution in [2.45, 2.75) is 25.4 Å². The molecular weight excluding hydrogens is 377 g/mol. The van der Waals surface area contributed by atoms with Gasteiger partial charge in [0.15, 0.2) is 17.3 Å². The molecule has 1 aliphatic carbocycles. The fourth-order valence-electron chi connectivity index (χ4n) is 3.16. The van der Waals surface area contributed by atoms with Crippen LogP contribution in [0.4, 0.5) is 13.2 Å². The van der Waals surface area contributed by atoms with Gasteiger partial charge < -0.3 is 14.2 Å². The van der Waals surface area contributed by atoms with Gasteiger partial charge in [-0.1, -0.05) is 18.2 Å². The van der Waals surface area contributed by atoms with Gasteiger partial charge in [-0.2, -0.15) is 13.2 Å². The van der Waals surface area contributed by atoms with Crippen molar-refractivity contribution >= 4 is 11.8 Å². The molecule has 0 unspecified atom stereocenters. The Morgan fingerprint density at radius 1 is 1.00 bits per heavy atom. The molecule has 0 aromatic heterocycles. The normalized spacial score (nSPS) is 13.2. The van der Waals surface area contributed by atoms with E-state index in [1.165, 1.54) is 14.2 Å². The highest BCUT2D eigenvalue weighted by atomic mass is 19.4. The molecule has 8 heteroatoms. The number of methoxy groups -OCH3 is 2. The van der Waals surface area contributed by atoms with Crippen LogP contribution >= 0.6 is 0 Å². The SMILES string of the molecule is COc1ccc(-c2ccc3c(c2)CCC3=O)c(OC(=O)CC(F)(F)F)c1OC. The average molecular weight is 394 g/mol. The summed E-state index contributed by atoms with van der Waals surface area (Å²) in [6.45, 7) is 0. The van der Waals surface area contributed by atoms with Crippen molar-refractivity contribution in [3.63, 3.8) is 0 Å². The van der Waals surface area contributed by atoms with Crippen molar-refractivity contribution in [3.05, 3.63) is 41.5 Å². The minimum Gasteiger partial charge on any atom is -0.493 e. The van der Waals surface area contributed by atoms with E-state index in [0.29, 0.717) is 29.5 Å². The first-order chi connectivity index (χ1) is 13.2. The average Bonchev–Trinajstić information content (AvgIpc) is 3.00. The summed E-state index contributed by atoms with van der Waals surface area (Å²) < 4.78 is 53.1. The number of halogens is 3. The van der Waals surface area contributed by atoms with Crippen molar-refractivity contribution in [1.29, 1.82) is 0 Å². The Balaban J connectivity index is 2.08. The molecule has 5 nitrogen and oxygen atoms in total. The van der Waals surface area contributed by atoms with Crippen molar-refractivity contribution in [2.24, 2.45) is 0 Å². The first kappa shape index (κ1) is 19.7. The Bertz CT molecular complexity index is 934. The van der Waals surface area contributed by atoms with Gasteiger partial charge >= 0.3 is 12.1 Å². The number of ketones is 1. The van der Waals surface area contributed by atoms with Crippen LogP contribution < -0.4 is 14.2 Å². The summed E-state index contributed by atoms with van der Waals surface area (Å²) in [5.41, 5.74) is 2.41. The Labute approximate surface area is 159 Å². The fourth-order valence-corrected chi connectivity index (χ4v) is 3.16. The van der Waals surface area contributed by atoms with Crippen molar-refractivity contribution in [3.8, 4) is 28.4 Å². The third-order valence-corrected chi connectivity index (χ3v) is 4.40. The number of Topliss-reactive ketones (excluding diaryl/α,β-unsaturated/α-hetero) is 1. The number of esters is 1. The first-order valence-electron chi connectivity index (χ1n) is 8.42. The molecule has 0 saturated heterocycles. The standard InChI is InChI=1S/C20H17F3O5/c1-26-16-8-6-14(12-3-5-13-11(9-12)4-7-15(13)24)18(19(16)27-2)28-17(25)10-20(21,22)23/h3,5-6,8-9H,4,7,10H2,1-2H3. The smallest absolute Gasteiger partial charge is 0.399 e. The van der Waals surface area contributed by atoms with Gasteiger partial charge in [-0.05, 0) is 29.7 Å². The Morgan fingerprint density at radius 2 is 1.71 bits per heavy atom. The molecule has 3 rings (SSSR count). The second-order valence-corrected chi connectivity index (χ2v) is 6.24. The second-order valence-electron chi connectivity index (χ2n) is 6.24. The van der Waals surface area contributed by atoms with Gasteiger partial charge in [0, 0.05) is 17.5 Å². The lowest BCUT2D eigenvalue weighted by Gasteiger charge is -2.17. The van der Waals surface area contributed by atoms with E-state index < -0.39 is 18.6 Å². The van der Waals surface area contributed by atoms with Crippen LogP contribution in [-0.2, 0) is 11.2 Å². The third-order valence-electron chi connectivity index (χ3n) is 4.40. The fraction of sp³-hybridized carbons (Fsp3) is 0.300. The molecule has 0 bridgehead atoms. The van der Waals surface area contributed by atoms with Crippen LogP contribution in [0.5, 0.6) is 17.2 Å². The molecule has 28 heavy (non-hydrogen) atoms. The summed E-state index contributed by atoms with van der Waals surface area (Å²) in [4.78, 5) is 23.7. The lowest BCUT2D eigenvalue weighted by Crippen LogP contribution is -2.19. The number of hydrogen-bond donors (Lipinski definition) is 0. The number of carbonyl (C=O) groups is 2. The molecule has 2 aromatic carbocycles. The van der Waals surface area contributed by atoms with Gasteiger partial charge in [-0.25, -0.2) is 0 Å². The lowest BCUT2D eigenvalue weighted by atomic mass is 9.99. The number of rotatable bonds is 5. The highest BCUT2D eigenvalue weighted by Crippen LogP contribution is 2.45. The first-order valence-corrected chi connectivity index (χ1v) is 8.42. The summed E-state index contributed by atoms with van der Waals surface area (Å²) in [6, 6.07) is 8.22. The van der Waals surface area contributed by atoms with Crippen LogP contribution in [0.2, 0.25) is 0 Å². The number of benzene rings is 2. The summed E-state index contributed by atoms with van der Waals surface area (Å²) in [6.07, 6.45) is -5.43. The summed E-state index contributed by atoms with van der Waals surface area (Å²) in [5.74, 6) is -1.37. The molecule has 0 atom stereocenters. The zero-order valence-corrected chi connectivity index (χ0v) is 15.2. The Hall–Kier alpha value is -3.03. The van der Waals surface area contributed by atoms with Gasteiger partial charge in [-0.15, -0.1) is 0 Å². The Morgan fingerprint density at radius 3 is 2.36 bits per heavy atom. The van der Waals surface area contributed by atoms with Crippen molar-refractivity contribution in [2.75, 3.05) is 14.2 Å². The van der Waals surface area contributed by atoms with Gasteiger partial charge in [0.25, 0.3) is 0 Å². The minimum absolute atomic E-state index is 0.00657. The predicted octanol–water partition coefficient (Wildman–Crippen LogP) is 4.36. The van der Waals surface area contributed by atoms with E-state index in [1.54, 1.807) is 30.3 Å². The van der Waals surface area contributed by atoms with Crippen LogP contribution in [0.1, 0.15) is 28.8 Å². The molecule has 0 heterocycles. The van der Waals surface area contributed by atoms with E-state index >= 15 is 0 Å². The molecule has 148 valence electrons. The maximum absolute atomic E-state index is 12.6. The summed E-state index contributed by atoms with van der Waals surface area (Å²) in [5, 5.41) is 0. The number of fused-ring (bicyclic) bond motifs is 1. The van der Waals surface area contributed by atoms with Gasteiger partial charge in [0.05, 0.1) is 14.2 Å². The van der Waals surface area contributed by atoms with E-state index in [9.17, 15) is 22.8 Å². The zero-order chi connectivity index (χ0) is 20.5. The van der Waals surface area contributed by atoms with E-state index in [4.69, 9.17) is 14.2 Å². The quantitative estimate of drug-likeness (QED) is 0.557. The number of carbonyl (C=O) groups excluding carboxylic acids is 2. The van der Waals surface area contributed by atoms with Crippen LogP contribution in [-0.4, -0.2) is 32.1 Å². The molecule has 0 N–H and O–H groups in total. The van der Waals surface area contributed by atoms with E-state index in [0.717, 1.165) is 5.56 Å². The summed E-state index contributed by atoms with van der Waals surface area (Å²) >= 11 is 0. The predicted molar refractivity (Wildman–Crippen MR) is 93.9 cm³/mol. The molecular formula is C20H17F3O5. The highest BCUT2D eigenvalue weighted by molar-refractivity contribution is 6.01. The number of aryl methyl sites for hydroxylation is 1. The molecule has 0 saturated carbocycles. The van der Waals surface area contributed by atoms with Gasteiger partial charge in [-0.3, -0.25) is 9.59 Å². The molecule has 0 spiro atoms.